The smallest absolute Gasteiger partial charge is 0.297 e. The zero-order valence-electron chi connectivity index (χ0n) is 25.1. The highest BCUT2D eigenvalue weighted by atomic mass is 16.7. The maximum Gasteiger partial charge on any atom is 0.297 e. The van der Waals surface area contributed by atoms with Gasteiger partial charge in [0.2, 0.25) is 0 Å². The van der Waals surface area contributed by atoms with E-state index in [1.807, 2.05) is 6.92 Å². The Morgan fingerprint density at radius 2 is 1.26 bits per heavy atom. The maximum atomic E-state index is 12.4. The van der Waals surface area contributed by atoms with Crippen LogP contribution in [0.5, 0.6) is 0 Å². The van der Waals surface area contributed by atoms with E-state index in [2.05, 4.69) is 130 Å². The third kappa shape index (κ3) is 16.8. The summed E-state index contributed by atoms with van der Waals surface area (Å²) in [5.74, 6) is 49.3. The fourth-order valence-corrected chi connectivity index (χ4v) is 3.34. The number of terminal acetylenes is 1. The number of carbonyl (C=O) groups is 1. The monoisotopic (exact) mass is 676 g/mol. The molecule has 0 radical (unpaired) electrons. The average Bonchev–Trinajstić information content (AvgIpc) is 3.07. The van der Waals surface area contributed by atoms with Gasteiger partial charge in [0.25, 0.3) is 5.91 Å². The van der Waals surface area contributed by atoms with Crippen molar-refractivity contribution in [3.8, 4) is 131 Å². The predicted octanol–water partition coefficient (Wildman–Crippen LogP) is 2.28. The van der Waals surface area contributed by atoms with Gasteiger partial charge in [0.15, 0.2) is 6.29 Å². The Morgan fingerprint density at radius 3 is 1.70 bits per heavy atom. The Bertz CT molecular complexity index is 1840. The van der Waals surface area contributed by atoms with Gasteiger partial charge in [-0.1, -0.05) is 19.8 Å². The van der Waals surface area contributed by atoms with E-state index in [1.54, 1.807) is 0 Å². The van der Waals surface area contributed by atoms with E-state index < -0.39 is 68.1 Å². The van der Waals surface area contributed by atoms with E-state index in [0.29, 0.717) is 6.42 Å². The Morgan fingerprint density at radius 1 is 0.787 bits per heavy atom. The van der Waals surface area contributed by atoms with Crippen LogP contribution >= 0.6 is 0 Å². The Hall–Kier alpha value is -5.69. The average molecular weight is 676 g/mol. The summed E-state index contributed by atoms with van der Waals surface area (Å²) in [7, 11) is 0. The molecular formula is C37H73NO9. The SMILES string of the molecule is C#CC#CC#CC#CC#CC#CC#CC#CC#CC#CC#CC(=O)N[C@@H](COC1OC(CO)C(O)C(O)C1O)[C@H](O)[C@H](O)CCCC.[HH].[HH].[HH].[HH].[HH].[HH].[HH].[HH].[HH].[HH].[HH].[HH].[HH].[HH].[HH].[HH].[HH].[HH].[HH].[HH].[HH].[HH]. The molecule has 1 saturated heterocycles. The molecule has 0 aromatic rings. The van der Waals surface area contributed by atoms with Crippen LogP contribution in [-0.4, -0.2) is 98.7 Å². The molecule has 0 bridgehead atoms. The molecule has 1 aliphatic heterocycles. The van der Waals surface area contributed by atoms with Crippen LogP contribution < -0.4 is 5.32 Å². The largest absolute Gasteiger partial charge is 0.394 e. The lowest BCUT2D eigenvalue weighted by Crippen LogP contribution is -2.60. The summed E-state index contributed by atoms with van der Waals surface area (Å²) in [5.41, 5.74) is 0. The van der Waals surface area contributed by atoms with Crippen molar-refractivity contribution < 1.29 is 76.3 Å². The highest BCUT2D eigenvalue weighted by Gasteiger charge is 2.44. The van der Waals surface area contributed by atoms with Crippen molar-refractivity contribution in [1.82, 2.24) is 5.32 Å². The lowest BCUT2D eigenvalue weighted by atomic mass is 9.99. The fourth-order valence-electron chi connectivity index (χ4n) is 3.34. The molecule has 0 aromatic heterocycles. The number of ether oxygens (including phenoxy) is 2. The van der Waals surface area contributed by atoms with Gasteiger partial charge in [-0.05, 0) is 101 Å². The minimum atomic E-state index is -1.70. The predicted molar refractivity (Wildman–Crippen MR) is 216 cm³/mol. The van der Waals surface area contributed by atoms with Gasteiger partial charge < -0.3 is 45.4 Å². The molecule has 1 amide bonds. The number of hydrogen-bond acceptors (Lipinski definition) is 9. The van der Waals surface area contributed by atoms with Gasteiger partial charge in [0.1, 0.15) is 30.5 Å². The van der Waals surface area contributed by atoms with Crippen LogP contribution in [-0.2, 0) is 14.3 Å². The number of carbonyl (C=O) groups excluding carboxylic acids is 1. The third-order valence-electron chi connectivity index (χ3n) is 5.64. The summed E-state index contributed by atoms with van der Waals surface area (Å²) in [6, 6.07) is -1.23. The lowest BCUT2D eigenvalue weighted by Gasteiger charge is -2.40. The summed E-state index contributed by atoms with van der Waals surface area (Å²) >= 11 is 0. The first-order chi connectivity index (χ1) is 22.8. The molecule has 0 saturated carbocycles. The first kappa shape index (κ1) is 39.3. The second kappa shape index (κ2) is 24.6. The van der Waals surface area contributed by atoms with E-state index in [9.17, 15) is 35.4 Å². The van der Waals surface area contributed by atoms with Gasteiger partial charge in [0, 0.05) is 61.0 Å². The summed E-state index contributed by atoms with van der Waals surface area (Å²) in [5, 5.41) is 62.8. The van der Waals surface area contributed by atoms with Crippen LogP contribution in [0.15, 0.2) is 0 Å². The standard InChI is InChI=1S/C37H29NO9.22H2/c1-3-5-7-8-9-10-11-12-13-14-15-16-17-18-19-20-21-22-23-24-26-32(41)38-29(33(42)30(40)25-6-4-2)28-46-37-36(45)35(44)34(43)31(27-39)47-37;;;;;;;;;;;;;;;;;;;;;;/h1,29-31,33-37,39-40,42-45H,4,6,25,27-28H2,2H3,(H,38,41);22*1H/t29-,30+,31?,33-,34?,35?,36?,37?;;;;;;;;;;;;;;;;;;;;;;/m0....................../s1. The second-order valence-electron chi connectivity index (χ2n) is 8.96. The highest BCUT2D eigenvalue weighted by Crippen LogP contribution is 2.22. The number of rotatable bonds is 10. The zero-order chi connectivity index (χ0) is 34.7. The number of aliphatic hydroxyl groups excluding tert-OH is 6. The van der Waals surface area contributed by atoms with Gasteiger partial charge in [-0.2, -0.15) is 0 Å². The van der Waals surface area contributed by atoms with Crippen molar-refractivity contribution in [1.29, 1.82) is 0 Å². The third-order valence-corrected chi connectivity index (χ3v) is 5.64. The normalized spacial score (nSPS) is 19.8. The number of amides is 1. The molecule has 5 unspecified atom stereocenters. The number of nitrogens with one attached hydrogen (secondary N) is 1. The molecule has 7 N–H and O–H groups in total. The number of aliphatic hydroxyl groups is 6. The Labute approximate surface area is 307 Å². The summed E-state index contributed by atoms with van der Waals surface area (Å²) in [6.45, 7) is 0.737. The quantitative estimate of drug-likeness (QED) is 0.172. The van der Waals surface area contributed by atoms with E-state index in [0.717, 1.165) is 6.42 Å². The van der Waals surface area contributed by atoms with Crippen LogP contribution in [0.1, 0.15) is 57.6 Å². The minimum absolute atomic E-state index is 0. The van der Waals surface area contributed by atoms with Crippen molar-refractivity contribution >= 4 is 5.91 Å². The molecule has 1 fully saturated rings. The van der Waals surface area contributed by atoms with Crippen molar-refractivity contribution in [2.45, 2.75) is 75.1 Å². The summed E-state index contributed by atoms with van der Waals surface area (Å²) in [6.07, 6.45) is -3.92. The van der Waals surface area contributed by atoms with Crippen LogP contribution in [0.2, 0.25) is 0 Å². The summed E-state index contributed by atoms with van der Waals surface area (Å²) < 4.78 is 10.7. The van der Waals surface area contributed by atoms with Gasteiger partial charge in [-0.3, -0.25) is 4.79 Å². The number of hydrogen-bond donors (Lipinski definition) is 7. The van der Waals surface area contributed by atoms with Crippen molar-refractivity contribution in [2.75, 3.05) is 13.2 Å². The molecule has 10 nitrogen and oxygen atoms in total. The van der Waals surface area contributed by atoms with E-state index in [4.69, 9.17) is 15.9 Å². The molecular weight excluding hydrogens is 602 g/mol. The molecule has 0 aliphatic carbocycles. The summed E-state index contributed by atoms with van der Waals surface area (Å²) in [4.78, 5) is 12.4. The molecule has 10 heteroatoms. The van der Waals surface area contributed by atoms with Crippen LogP contribution in [0, 0.1) is 131 Å². The Kier molecular flexibility index (Phi) is 20.6. The molecule has 0 aromatic carbocycles. The van der Waals surface area contributed by atoms with Gasteiger partial charge in [-0.15, -0.1) is 6.42 Å². The molecule has 0 spiro atoms. The molecule has 280 valence electrons. The highest BCUT2D eigenvalue weighted by molar-refractivity contribution is 5.94. The van der Waals surface area contributed by atoms with Gasteiger partial charge in [0.05, 0.1) is 25.4 Å². The molecule has 8 atom stereocenters. The number of unbranched alkanes of at least 4 members (excludes halogenated alkanes) is 1. The van der Waals surface area contributed by atoms with Gasteiger partial charge >= 0.3 is 0 Å². The molecule has 47 heavy (non-hydrogen) atoms. The first-order valence-electron chi connectivity index (χ1n) is 13.8. The zero-order valence-corrected chi connectivity index (χ0v) is 25.1. The van der Waals surface area contributed by atoms with Crippen molar-refractivity contribution in [3.63, 3.8) is 0 Å². The lowest BCUT2D eigenvalue weighted by molar-refractivity contribution is -0.303. The van der Waals surface area contributed by atoms with Crippen molar-refractivity contribution in [2.24, 2.45) is 0 Å². The van der Waals surface area contributed by atoms with E-state index in [-0.39, 0.29) is 37.8 Å². The van der Waals surface area contributed by atoms with Gasteiger partial charge in [-0.25, -0.2) is 0 Å². The first-order valence-corrected chi connectivity index (χ1v) is 13.8. The minimum Gasteiger partial charge on any atom is -0.394 e. The van der Waals surface area contributed by atoms with E-state index >= 15 is 0 Å². The molecule has 1 aliphatic rings. The molecule has 1 heterocycles. The van der Waals surface area contributed by atoms with Crippen LogP contribution in [0.25, 0.3) is 0 Å². The topological polar surface area (TPSA) is 169 Å². The Balaban J connectivity index is -0.0000000502. The van der Waals surface area contributed by atoms with Crippen LogP contribution in [0.4, 0.5) is 0 Å². The second-order valence-corrected chi connectivity index (χ2v) is 8.96. The van der Waals surface area contributed by atoms with Crippen molar-refractivity contribution in [3.05, 3.63) is 0 Å². The van der Waals surface area contributed by atoms with Crippen LogP contribution in [0.3, 0.4) is 0 Å². The molecule has 1 rings (SSSR count). The van der Waals surface area contributed by atoms with E-state index in [1.165, 1.54) is 0 Å². The fraction of sp³-hybridized carbons (Fsp3) is 0.378. The maximum absolute atomic E-state index is 12.4.